The van der Waals surface area contributed by atoms with Gasteiger partial charge in [-0.2, -0.15) is 0 Å². The number of piperidine rings is 1. The Morgan fingerprint density at radius 2 is 1.81 bits per heavy atom. The minimum atomic E-state index is 0.689. The van der Waals surface area contributed by atoms with Crippen molar-refractivity contribution in [3.63, 3.8) is 0 Å². The van der Waals surface area contributed by atoms with Crippen molar-refractivity contribution in [2.75, 3.05) is 19.6 Å². The lowest BCUT2D eigenvalue weighted by molar-refractivity contribution is 0.126. The standard InChI is InChI=1S/C19H38N2/c1-5-12-21-13-8-9-17(14-21)16(4)20-19-11-7-6-10-18(19)15(2)3/h15-20H,5-14H2,1-4H3. The zero-order chi connectivity index (χ0) is 15.2. The van der Waals surface area contributed by atoms with Crippen molar-refractivity contribution in [2.24, 2.45) is 17.8 Å². The van der Waals surface area contributed by atoms with Gasteiger partial charge in [0.2, 0.25) is 0 Å². The van der Waals surface area contributed by atoms with Crippen LogP contribution in [-0.2, 0) is 0 Å². The van der Waals surface area contributed by atoms with E-state index in [9.17, 15) is 0 Å². The second-order valence-corrected chi connectivity index (χ2v) is 7.96. The summed E-state index contributed by atoms with van der Waals surface area (Å²) in [5.74, 6) is 2.59. The summed E-state index contributed by atoms with van der Waals surface area (Å²) in [4.78, 5) is 2.69. The molecule has 1 N–H and O–H groups in total. The predicted octanol–water partition coefficient (Wildman–Crippen LogP) is 4.30. The third-order valence-corrected chi connectivity index (χ3v) is 5.94. The third kappa shape index (κ3) is 4.96. The maximum Gasteiger partial charge on any atom is 0.0100 e. The smallest absolute Gasteiger partial charge is 0.0100 e. The molecule has 0 aromatic heterocycles. The zero-order valence-electron chi connectivity index (χ0n) is 14.9. The molecule has 0 spiro atoms. The van der Waals surface area contributed by atoms with Crippen LogP contribution >= 0.6 is 0 Å². The van der Waals surface area contributed by atoms with E-state index in [-0.39, 0.29) is 0 Å². The molecule has 4 unspecified atom stereocenters. The highest BCUT2D eigenvalue weighted by atomic mass is 15.1. The van der Waals surface area contributed by atoms with Gasteiger partial charge in [-0.25, -0.2) is 0 Å². The molecular formula is C19H38N2. The highest BCUT2D eigenvalue weighted by molar-refractivity contribution is 4.88. The van der Waals surface area contributed by atoms with Crippen LogP contribution in [0, 0.1) is 17.8 Å². The van der Waals surface area contributed by atoms with Crippen LogP contribution in [0.2, 0.25) is 0 Å². The van der Waals surface area contributed by atoms with Gasteiger partial charge in [-0.05, 0) is 69.9 Å². The summed E-state index contributed by atoms with van der Waals surface area (Å²) in [7, 11) is 0. The van der Waals surface area contributed by atoms with E-state index in [1.807, 2.05) is 0 Å². The molecule has 2 aliphatic rings. The van der Waals surface area contributed by atoms with E-state index >= 15 is 0 Å². The molecule has 1 aliphatic heterocycles. The Labute approximate surface area is 133 Å². The Bertz CT molecular complexity index is 287. The van der Waals surface area contributed by atoms with Gasteiger partial charge in [0.1, 0.15) is 0 Å². The van der Waals surface area contributed by atoms with Gasteiger partial charge in [0, 0.05) is 18.6 Å². The van der Waals surface area contributed by atoms with Gasteiger partial charge in [0.05, 0.1) is 0 Å². The van der Waals surface area contributed by atoms with Gasteiger partial charge in [-0.1, -0.05) is 33.6 Å². The second kappa shape index (κ2) is 8.53. The lowest BCUT2D eigenvalue weighted by Crippen LogP contribution is -2.51. The number of nitrogens with one attached hydrogen (secondary N) is 1. The molecule has 1 heterocycles. The van der Waals surface area contributed by atoms with E-state index in [2.05, 4.69) is 37.9 Å². The Hall–Kier alpha value is -0.0800. The second-order valence-electron chi connectivity index (χ2n) is 7.96. The van der Waals surface area contributed by atoms with Crippen molar-refractivity contribution < 1.29 is 0 Å². The number of hydrogen-bond acceptors (Lipinski definition) is 2. The van der Waals surface area contributed by atoms with Crippen molar-refractivity contribution in [2.45, 2.75) is 84.7 Å². The number of rotatable bonds is 6. The average Bonchev–Trinajstić information content (AvgIpc) is 2.48. The first kappa shape index (κ1) is 17.3. The molecule has 21 heavy (non-hydrogen) atoms. The summed E-state index contributed by atoms with van der Waals surface area (Å²) >= 11 is 0. The van der Waals surface area contributed by atoms with E-state index in [0.29, 0.717) is 6.04 Å². The summed E-state index contributed by atoms with van der Waals surface area (Å²) < 4.78 is 0. The maximum absolute atomic E-state index is 4.06. The molecule has 1 saturated heterocycles. The van der Waals surface area contributed by atoms with Gasteiger partial charge in [0.15, 0.2) is 0 Å². The molecule has 0 amide bonds. The van der Waals surface area contributed by atoms with Crippen LogP contribution in [-0.4, -0.2) is 36.6 Å². The monoisotopic (exact) mass is 294 g/mol. The van der Waals surface area contributed by atoms with Gasteiger partial charge >= 0.3 is 0 Å². The van der Waals surface area contributed by atoms with Crippen molar-refractivity contribution in [1.29, 1.82) is 0 Å². The van der Waals surface area contributed by atoms with Crippen molar-refractivity contribution in [1.82, 2.24) is 10.2 Å². The first-order chi connectivity index (χ1) is 10.1. The molecule has 4 atom stereocenters. The Balaban J connectivity index is 1.85. The average molecular weight is 295 g/mol. The molecule has 2 nitrogen and oxygen atoms in total. The first-order valence-electron chi connectivity index (χ1n) is 9.60. The quantitative estimate of drug-likeness (QED) is 0.785. The number of hydrogen-bond donors (Lipinski definition) is 1. The number of likely N-dealkylation sites (tertiary alicyclic amines) is 1. The fourth-order valence-electron chi connectivity index (χ4n) is 4.66. The van der Waals surface area contributed by atoms with Crippen molar-refractivity contribution in [3.8, 4) is 0 Å². The Morgan fingerprint density at radius 3 is 2.52 bits per heavy atom. The molecule has 2 fully saturated rings. The Morgan fingerprint density at radius 1 is 1.05 bits per heavy atom. The van der Waals surface area contributed by atoms with Crippen LogP contribution in [0.15, 0.2) is 0 Å². The Kier molecular flexibility index (Phi) is 7.01. The maximum atomic E-state index is 4.06. The summed E-state index contributed by atoms with van der Waals surface area (Å²) in [6.07, 6.45) is 9.84. The van der Waals surface area contributed by atoms with E-state index in [1.54, 1.807) is 0 Å². The van der Waals surface area contributed by atoms with Crippen LogP contribution in [0.4, 0.5) is 0 Å². The number of nitrogens with zero attached hydrogens (tertiary/aromatic N) is 1. The van der Waals surface area contributed by atoms with Crippen LogP contribution in [0.25, 0.3) is 0 Å². The summed E-state index contributed by atoms with van der Waals surface area (Å²) in [5.41, 5.74) is 0. The predicted molar refractivity (Wildman–Crippen MR) is 92.6 cm³/mol. The van der Waals surface area contributed by atoms with E-state index < -0.39 is 0 Å². The van der Waals surface area contributed by atoms with Crippen molar-refractivity contribution in [3.05, 3.63) is 0 Å². The molecule has 0 bridgehead atoms. The van der Waals surface area contributed by atoms with E-state index in [0.717, 1.165) is 23.8 Å². The summed E-state index contributed by atoms with van der Waals surface area (Å²) in [5, 5.41) is 4.06. The molecule has 124 valence electrons. The van der Waals surface area contributed by atoms with Crippen LogP contribution in [0.5, 0.6) is 0 Å². The zero-order valence-corrected chi connectivity index (χ0v) is 14.9. The third-order valence-electron chi connectivity index (χ3n) is 5.94. The fraction of sp³-hybridized carbons (Fsp3) is 1.00. The van der Waals surface area contributed by atoms with Crippen molar-refractivity contribution >= 4 is 0 Å². The minimum absolute atomic E-state index is 0.689. The molecule has 2 rings (SSSR count). The first-order valence-corrected chi connectivity index (χ1v) is 9.60. The SMILES string of the molecule is CCCN1CCCC(C(C)NC2CCCCC2C(C)C)C1. The lowest BCUT2D eigenvalue weighted by Gasteiger charge is -2.41. The topological polar surface area (TPSA) is 15.3 Å². The lowest BCUT2D eigenvalue weighted by atomic mass is 9.77. The van der Waals surface area contributed by atoms with Crippen LogP contribution in [0.3, 0.4) is 0 Å². The summed E-state index contributed by atoms with van der Waals surface area (Å²) in [6.45, 7) is 13.5. The highest BCUT2D eigenvalue weighted by Crippen LogP contribution is 2.31. The van der Waals surface area contributed by atoms with Gasteiger partial charge < -0.3 is 10.2 Å². The van der Waals surface area contributed by atoms with E-state index in [1.165, 1.54) is 64.6 Å². The fourth-order valence-corrected chi connectivity index (χ4v) is 4.66. The minimum Gasteiger partial charge on any atom is -0.311 e. The molecule has 0 radical (unpaired) electrons. The normalized spacial score (nSPS) is 33.3. The van der Waals surface area contributed by atoms with E-state index in [4.69, 9.17) is 0 Å². The molecule has 0 aromatic carbocycles. The van der Waals surface area contributed by atoms with Gasteiger partial charge in [-0.3, -0.25) is 0 Å². The van der Waals surface area contributed by atoms with Crippen LogP contribution < -0.4 is 5.32 Å². The summed E-state index contributed by atoms with van der Waals surface area (Å²) in [6, 6.07) is 1.46. The molecule has 2 heteroatoms. The molecule has 1 aliphatic carbocycles. The van der Waals surface area contributed by atoms with Gasteiger partial charge in [-0.15, -0.1) is 0 Å². The molecule has 0 aromatic rings. The molecule has 1 saturated carbocycles. The van der Waals surface area contributed by atoms with Gasteiger partial charge in [0.25, 0.3) is 0 Å². The highest BCUT2D eigenvalue weighted by Gasteiger charge is 2.31. The van der Waals surface area contributed by atoms with Crippen LogP contribution in [0.1, 0.15) is 72.6 Å². The largest absolute Gasteiger partial charge is 0.311 e. The molecular weight excluding hydrogens is 256 g/mol.